The van der Waals surface area contributed by atoms with Crippen molar-refractivity contribution in [3.8, 4) is 12.3 Å². The van der Waals surface area contributed by atoms with Gasteiger partial charge in [0.1, 0.15) is 0 Å². The monoisotopic (exact) mass is 234 g/mol. The molecule has 3 N–H and O–H groups in total. The molecule has 0 spiro atoms. The number of nitrogens with one attached hydrogen (secondary N) is 1. The lowest BCUT2D eigenvalue weighted by Crippen LogP contribution is -2.45. The Hall–Kier alpha value is -1.01. The smallest absolute Gasteiger partial charge is 0.224 e. The third kappa shape index (κ3) is 2.63. The first-order chi connectivity index (χ1) is 8.24. The average Bonchev–Trinajstić information content (AvgIpc) is 2.89. The summed E-state index contributed by atoms with van der Waals surface area (Å²) < 4.78 is 0. The van der Waals surface area contributed by atoms with Crippen LogP contribution in [0.15, 0.2) is 0 Å². The lowest BCUT2D eigenvalue weighted by atomic mass is 9.84. The predicted molar refractivity (Wildman–Crippen MR) is 68.0 cm³/mol. The summed E-state index contributed by atoms with van der Waals surface area (Å²) in [6, 6.07) is 0.0967. The van der Waals surface area contributed by atoms with E-state index in [1.165, 1.54) is 12.8 Å². The third-order valence-corrected chi connectivity index (χ3v) is 4.33. The molecule has 3 heteroatoms. The van der Waals surface area contributed by atoms with Crippen molar-refractivity contribution in [1.29, 1.82) is 0 Å². The van der Waals surface area contributed by atoms with E-state index >= 15 is 0 Å². The molecule has 2 saturated carbocycles. The van der Waals surface area contributed by atoms with Gasteiger partial charge in [-0.3, -0.25) is 4.79 Å². The van der Waals surface area contributed by atoms with E-state index in [1.807, 2.05) is 0 Å². The minimum absolute atomic E-state index is 0.0707. The van der Waals surface area contributed by atoms with Gasteiger partial charge in [0.15, 0.2) is 0 Å². The Morgan fingerprint density at radius 1 is 1.35 bits per heavy atom. The highest BCUT2D eigenvalue weighted by molar-refractivity contribution is 5.80. The second-order valence-electron chi connectivity index (χ2n) is 5.39. The molecular weight excluding hydrogens is 212 g/mol. The first kappa shape index (κ1) is 12.4. The largest absolute Gasteiger partial charge is 0.356 e. The molecule has 2 aliphatic carbocycles. The minimum atomic E-state index is 0.0707. The summed E-state index contributed by atoms with van der Waals surface area (Å²) >= 11 is 0. The molecule has 0 radical (unpaired) electrons. The lowest BCUT2D eigenvalue weighted by Gasteiger charge is -2.26. The van der Waals surface area contributed by atoms with Crippen LogP contribution < -0.4 is 11.1 Å². The van der Waals surface area contributed by atoms with Crippen LogP contribution in [-0.2, 0) is 4.79 Å². The SMILES string of the molecule is C#CCCCCNC(=O)C1C2CCC(C2)C1N. The zero-order chi connectivity index (χ0) is 12.3. The Bertz CT molecular complexity index is 319. The van der Waals surface area contributed by atoms with Crippen molar-refractivity contribution in [1.82, 2.24) is 5.32 Å². The number of terminal acetylenes is 1. The van der Waals surface area contributed by atoms with Gasteiger partial charge in [-0.2, -0.15) is 0 Å². The molecule has 0 aromatic heterocycles. The number of nitrogens with two attached hydrogens (primary N) is 1. The van der Waals surface area contributed by atoms with Gasteiger partial charge in [-0.05, 0) is 43.9 Å². The maximum absolute atomic E-state index is 12.0. The highest BCUT2D eigenvalue weighted by Crippen LogP contribution is 2.47. The van der Waals surface area contributed by atoms with Crippen molar-refractivity contribution >= 4 is 5.91 Å². The van der Waals surface area contributed by atoms with E-state index < -0.39 is 0 Å². The molecule has 0 aliphatic heterocycles. The summed E-state index contributed by atoms with van der Waals surface area (Å²) in [5.74, 6) is 3.99. The number of fused-ring (bicyclic) bond motifs is 2. The van der Waals surface area contributed by atoms with Crippen LogP contribution >= 0.6 is 0 Å². The fourth-order valence-electron chi connectivity index (χ4n) is 3.41. The van der Waals surface area contributed by atoms with Gasteiger partial charge in [0.05, 0.1) is 5.92 Å². The van der Waals surface area contributed by atoms with Crippen LogP contribution in [0.25, 0.3) is 0 Å². The van der Waals surface area contributed by atoms with E-state index in [4.69, 9.17) is 12.2 Å². The number of carbonyl (C=O) groups excluding carboxylic acids is 1. The van der Waals surface area contributed by atoms with Gasteiger partial charge in [-0.1, -0.05) is 0 Å². The number of rotatable bonds is 5. The number of hydrogen-bond acceptors (Lipinski definition) is 2. The highest BCUT2D eigenvalue weighted by atomic mass is 16.1. The van der Waals surface area contributed by atoms with Crippen molar-refractivity contribution < 1.29 is 4.79 Å². The molecule has 17 heavy (non-hydrogen) atoms. The quantitative estimate of drug-likeness (QED) is 0.556. The summed E-state index contributed by atoms with van der Waals surface area (Å²) in [6.07, 6.45) is 11.5. The first-order valence-corrected chi connectivity index (χ1v) is 6.70. The van der Waals surface area contributed by atoms with Crippen LogP contribution in [0, 0.1) is 30.1 Å². The van der Waals surface area contributed by atoms with Gasteiger partial charge in [0.25, 0.3) is 0 Å². The molecule has 0 aromatic rings. The second-order valence-corrected chi connectivity index (χ2v) is 5.39. The molecule has 3 nitrogen and oxygen atoms in total. The van der Waals surface area contributed by atoms with Gasteiger partial charge in [-0.15, -0.1) is 12.3 Å². The Labute approximate surface area is 104 Å². The van der Waals surface area contributed by atoms with Crippen molar-refractivity contribution in [3.05, 3.63) is 0 Å². The lowest BCUT2D eigenvalue weighted by molar-refractivity contribution is -0.127. The summed E-state index contributed by atoms with van der Waals surface area (Å²) in [5.41, 5.74) is 6.13. The molecule has 0 saturated heterocycles. The van der Waals surface area contributed by atoms with E-state index in [1.54, 1.807) is 0 Å². The maximum Gasteiger partial charge on any atom is 0.224 e. The van der Waals surface area contributed by atoms with Gasteiger partial charge in [0.2, 0.25) is 5.91 Å². The zero-order valence-corrected chi connectivity index (χ0v) is 10.3. The third-order valence-electron chi connectivity index (χ3n) is 4.33. The number of carbonyl (C=O) groups is 1. The van der Waals surface area contributed by atoms with Crippen molar-refractivity contribution in [2.24, 2.45) is 23.5 Å². The zero-order valence-electron chi connectivity index (χ0n) is 10.3. The highest BCUT2D eigenvalue weighted by Gasteiger charge is 2.48. The van der Waals surface area contributed by atoms with Gasteiger partial charge in [0, 0.05) is 19.0 Å². The predicted octanol–water partition coefficient (Wildman–Crippen LogP) is 1.28. The topological polar surface area (TPSA) is 55.1 Å². The molecule has 4 atom stereocenters. The Balaban J connectivity index is 1.72. The van der Waals surface area contributed by atoms with E-state index in [0.29, 0.717) is 11.8 Å². The van der Waals surface area contributed by atoms with Crippen LogP contribution in [0.1, 0.15) is 38.5 Å². The summed E-state index contributed by atoms with van der Waals surface area (Å²) in [4.78, 5) is 12.0. The molecule has 0 aromatic carbocycles. The van der Waals surface area contributed by atoms with Crippen LogP contribution in [0.5, 0.6) is 0 Å². The molecule has 0 heterocycles. The van der Waals surface area contributed by atoms with Crippen molar-refractivity contribution in [2.75, 3.05) is 6.54 Å². The van der Waals surface area contributed by atoms with Crippen molar-refractivity contribution in [3.63, 3.8) is 0 Å². The van der Waals surface area contributed by atoms with Crippen LogP contribution in [0.3, 0.4) is 0 Å². The van der Waals surface area contributed by atoms with Gasteiger partial charge >= 0.3 is 0 Å². The molecule has 4 unspecified atom stereocenters. The Morgan fingerprint density at radius 3 is 2.76 bits per heavy atom. The summed E-state index contributed by atoms with van der Waals surface area (Å²) in [7, 11) is 0. The van der Waals surface area contributed by atoms with E-state index in [9.17, 15) is 4.79 Å². The number of hydrogen-bond donors (Lipinski definition) is 2. The van der Waals surface area contributed by atoms with Crippen LogP contribution in [-0.4, -0.2) is 18.5 Å². The minimum Gasteiger partial charge on any atom is -0.356 e. The van der Waals surface area contributed by atoms with Gasteiger partial charge in [-0.25, -0.2) is 0 Å². The Kier molecular flexibility index (Phi) is 4.06. The molecule has 2 rings (SSSR count). The first-order valence-electron chi connectivity index (χ1n) is 6.70. The summed E-state index contributed by atoms with van der Waals surface area (Å²) in [6.45, 7) is 0.737. The molecule has 2 aliphatic rings. The maximum atomic E-state index is 12.0. The standard InChI is InChI=1S/C14H22N2O/c1-2-3-4-5-8-16-14(17)12-10-6-7-11(9-10)13(12)15/h1,10-13H,3-9,15H2,(H,16,17). The molecule has 94 valence electrons. The van der Waals surface area contributed by atoms with E-state index in [0.717, 1.165) is 32.2 Å². The van der Waals surface area contributed by atoms with Crippen LogP contribution in [0.2, 0.25) is 0 Å². The Morgan fingerprint density at radius 2 is 2.12 bits per heavy atom. The van der Waals surface area contributed by atoms with Crippen LogP contribution in [0.4, 0.5) is 0 Å². The molecular formula is C14H22N2O. The van der Waals surface area contributed by atoms with E-state index in [2.05, 4.69) is 11.2 Å². The fourth-order valence-corrected chi connectivity index (χ4v) is 3.41. The molecule has 2 fully saturated rings. The van der Waals surface area contributed by atoms with Gasteiger partial charge < -0.3 is 11.1 Å². The molecule has 2 bridgehead atoms. The fraction of sp³-hybridized carbons (Fsp3) is 0.786. The van der Waals surface area contributed by atoms with E-state index in [-0.39, 0.29) is 17.9 Å². The van der Waals surface area contributed by atoms with Crippen molar-refractivity contribution in [2.45, 2.75) is 44.6 Å². The molecule has 1 amide bonds. The average molecular weight is 234 g/mol. The number of amides is 1. The number of unbranched alkanes of at least 4 members (excludes halogenated alkanes) is 2. The normalized spacial score (nSPS) is 34.6. The second kappa shape index (κ2) is 5.55. The summed E-state index contributed by atoms with van der Waals surface area (Å²) in [5, 5.41) is 3.01.